The second-order valence-electron chi connectivity index (χ2n) is 4.76. The number of hydrogen-bond donors (Lipinski definition) is 3. The van der Waals surface area contributed by atoms with Gasteiger partial charge in [-0.3, -0.25) is 4.79 Å². The summed E-state index contributed by atoms with van der Waals surface area (Å²) in [7, 11) is 0. The zero-order valence-corrected chi connectivity index (χ0v) is 11.3. The van der Waals surface area contributed by atoms with Crippen LogP contribution in [0.2, 0.25) is 5.02 Å². The SMILES string of the molecule is O=c1c(Cl)c(NCC2CCCC2O)cnn1CCO. The topological polar surface area (TPSA) is 87.4 Å². The van der Waals surface area contributed by atoms with E-state index in [0.29, 0.717) is 12.2 Å². The van der Waals surface area contributed by atoms with Crippen molar-refractivity contribution in [3.05, 3.63) is 21.6 Å². The summed E-state index contributed by atoms with van der Waals surface area (Å²) in [6, 6.07) is 0. The largest absolute Gasteiger partial charge is 0.394 e. The molecule has 2 unspecified atom stereocenters. The maximum atomic E-state index is 11.8. The highest BCUT2D eigenvalue weighted by Gasteiger charge is 2.25. The van der Waals surface area contributed by atoms with Crippen LogP contribution in [0.15, 0.2) is 11.0 Å². The monoisotopic (exact) mass is 287 g/mol. The highest BCUT2D eigenvalue weighted by atomic mass is 35.5. The second kappa shape index (κ2) is 6.36. The van der Waals surface area contributed by atoms with Crippen LogP contribution in [0.1, 0.15) is 19.3 Å². The fourth-order valence-corrected chi connectivity index (χ4v) is 2.55. The summed E-state index contributed by atoms with van der Waals surface area (Å²) in [5.74, 6) is 0.191. The van der Waals surface area contributed by atoms with Crippen molar-refractivity contribution in [1.82, 2.24) is 9.78 Å². The number of nitrogens with zero attached hydrogens (tertiary/aromatic N) is 2. The van der Waals surface area contributed by atoms with Crippen molar-refractivity contribution in [1.29, 1.82) is 0 Å². The lowest BCUT2D eigenvalue weighted by Crippen LogP contribution is -2.27. The van der Waals surface area contributed by atoms with E-state index >= 15 is 0 Å². The molecule has 1 aliphatic carbocycles. The fraction of sp³-hybridized carbons (Fsp3) is 0.667. The first kappa shape index (κ1) is 14.3. The van der Waals surface area contributed by atoms with E-state index in [-0.39, 0.29) is 30.2 Å². The predicted molar refractivity (Wildman–Crippen MR) is 72.4 cm³/mol. The number of nitrogens with one attached hydrogen (secondary N) is 1. The van der Waals surface area contributed by atoms with Gasteiger partial charge < -0.3 is 15.5 Å². The summed E-state index contributed by atoms with van der Waals surface area (Å²) in [6.07, 6.45) is 4.02. The molecule has 106 valence electrons. The average Bonchev–Trinajstić information content (AvgIpc) is 2.80. The number of aliphatic hydroxyl groups excluding tert-OH is 2. The smallest absolute Gasteiger partial charge is 0.287 e. The van der Waals surface area contributed by atoms with Crippen molar-refractivity contribution < 1.29 is 10.2 Å². The number of aromatic nitrogens is 2. The quantitative estimate of drug-likeness (QED) is 0.732. The summed E-state index contributed by atoms with van der Waals surface area (Å²) in [5, 5.41) is 25.6. The molecule has 1 fully saturated rings. The maximum Gasteiger partial charge on any atom is 0.287 e. The minimum absolute atomic E-state index is 0.0657. The molecule has 19 heavy (non-hydrogen) atoms. The predicted octanol–water partition coefficient (Wildman–Crippen LogP) is 0.462. The van der Waals surface area contributed by atoms with Gasteiger partial charge in [-0.25, -0.2) is 4.68 Å². The van der Waals surface area contributed by atoms with Crippen molar-refractivity contribution in [3.8, 4) is 0 Å². The second-order valence-corrected chi connectivity index (χ2v) is 5.14. The molecule has 2 atom stereocenters. The van der Waals surface area contributed by atoms with E-state index in [1.54, 1.807) is 0 Å². The van der Waals surface area contributed by atoms with Crippen molar-refractivity contribution >= 4 is 17.3 Å². The van der Waals surface area contributed by atoms with Crippen molar-refractivity contribution in [2.75, 3.05) is 18.5 Å². The van der Waals surface area contributed by atoms with E-state index in [2.05, 4.69) is 10.4 Å². The Labute approximate surface area is 116 Å². The summed E-state index contributed by atoms with van der Waals surface area (Å²) < 4.78 is 1.12. The van der Waals surface area contributed by atoms with Gasteiger partial charge >= 0.3 is 0 Å². The molecule has 0 radical (unpaired) electrons. The summed E-state index contributed by atoms with van der Waals surface area (Å²) in [4.78, 5) is 11.8. The molecular weight excluding hydrogens is 270 g/mol. The highest BCUT2D eigenvalue weighted by Crippen LogP contribution is 2.26. The van der Waals surface area contributed by atoms with Gasteiger partial charge in [0.05, 0.1) is 31.1 Å². The molecule has 1 heterocycles. The van der Waals surface area contributed by atoms with Gasteiger partial charge in [0.2, 0.25) is 0 Å². The Morgan fingerprint density at radius 3 is 2.95 bits per heavy atom. The van der Waals surface area contributed by atoms with Gasteiger partial charge in [-0.15, -0.1) is 0 Å². The van der Waals surface area contributed by atoms with E-state index in [1.165, 1.54) is 6.20 Å². The zero-order chi connectivity index (χ0) is 13.8. The lowest BCUT2D eigenvalue weighted by molar-refractivity contribution is 0.138. The maximum absolute atomic E-state index is 11.8. The Kier molecular flexibility index (Phi) is 4.79. The third-order valence-corrected chi connectivity index (χ3v) is 3.84. The van der Waals surface area contributed by atoms with E-state index < -0.39 is 5.56 Å². The molecule has 1 aliphatic rings. The fourth-order valence-electron chi connectivity index (χ4n) is 2.34. The Morgan fingerprint density at radius 1 is 1.53 bits per heavy atom. The van der Waals surface area contributed by atoms with Crippen LogP contribution < -0.4 is 10.9 Å². The van der Waals surface area contributed by atoms with E-state index in [4.69, 9.17) is 16.7 Å². The van der Waals surface area contributed by atoms with E-state index in [1.807, 2.05) is 0 Å². The first-order valence-corrected chi connectivity index (χ1v) is 6.79. The van der Waals surface area contributed by atoms with Gasteiger partial charge in [-0.05, 0) is 12.8 Å². The standard InChI is InChI=1S/C12H18ClN3O3/c13-11-9(7-15-16(4-5-17)12(11)19)14-6-8-2-1-3-10(8)18/h7-8,10,14,17-18H,1-6H2. The normalized spacial score (nSPS) is 22.7. The Morgan fingerprint density at radius 2 is 2.32 bits per heavy atom. The van der Waals surface area contributed by atoms with Crippen LogP contribution in [0.25, 0.3) is 0 Å². The number of anilines is 1. The molecule has 0 aliphatic heterocycles. The van der Waals surface area contributed by atoms with Crippen LogP contribution in [0.4, 0.5) is 5.69 Å². The Balaban J connectivity index is 2.04. The molecule has 0 spiro atoms. The molecule has 3 N–H and O–H groups in total. The van der Waals surface area contributed by atoms with Gasteiger partial charge in [0.15, 0.2) is 0 Å². The molecule has 6 nitrogen and oxygen atoms in total. The minimum atomic E-state index is -0.423. The lowest BCUT2D eigenvalue weighted by atomic mass is 10.1. The summed E-state index contributed by atoms with van der Waals surface area (Å²) >= 11 is 5.98. The highest BCUT2D eigenvalue weighted by molar-refractivity contribution is 6.32. The Hall–Kier alpha value is -1.11. The van der Waals surface area contributed by atoms with Crippen LogP contribution in [0, 0.1) is 5.92 Å². The minimum Gasteiger partial charge on any atom is -0.394 e. The molecule has 1 aromatic rings. The summed E-state index contributed by atoms with van der Waals surface area (Å²) in [6.45, 7) is 0.538. The third-order valence-electron chi connectivity index (χ3n) is 3.47. The molecule has 0 aromatic carbocycles. The first-order valence-electron chi connectivity index (χ1n) is 6.42. The lowest BCUT2D eigenvalue weighted by Gasteiger charge is -2.16. The first-order chi connectivity index (χ1) is 9.13. The Bertz CT molecular complexity index is 492. The van der Waals surface area contributed by atoms with Crippen molar-refractivity contribution in [3.63, 3.8) is 0 Å². The number of hydrogen-bond acceptors (Lipinski definition) is 5. The molecule has 0 amide bonds. The average molecular weight is 288 g/mol. The molecule has 1 saturated carbocycles. The summed E-state index contributed by atoms with van der Waals surface area (Å²) in [5.41, 5.74) is 0.0487. The van der Waals surface area contributed by atoms with Crippen LogP contribution in [-0.2, 0) is 6.54 Å². The molecule has 7 heteroatoms. The number of rotatable bonds is 5. The number of aliphatic hydroxyl groups is 2. The van der Waals surface area contributed by atoms with Gasteiger partial charge in [-0.2, -0.15) is 5.10 Å². The van der Waals surface area contributed by atoms with Gasteiger partial charge in [-0.1, -0.05) is 18.0 Å². The molecular formula is C12H18ClN3O3. The van der Waals surface area contributed by atoms with Gasteiger partial charge in [0.25, 0.3) is 5.56 Å². The van der Waals surface area contributed by atoms with Crippen molar-refractivity contribution in [2.45, 2.75) is 31.9 Å². The van der Waals surface area contributed by atoms with Crippen LogP contribution in [-0.4, -0.2) is 39.2 Å². The van der Waals surface area contributed by atoms with Gasteiger partial charge in [0.1, 0.15) is 5.02 Å². The van der Waals surface area contributed by atoms with Crippen LogP contribution in [0.5, 0.6) is 0 Å². The van der Waals surface area contributed by atoms with Crippen molar-refractivity contribution in [2.24, 2.45) is 5.92 Å². The zero-order valence-electron chi connectivity index (χ0n) is 10.5. The molecule has 2 rings (SSSR count). The molecule has 0 saturated heterocycles. The van der Waals surface area contributed by atoms with E-state index in [9.17, 15) is 9.90 Å². The van der Waals surface area contributed by atoms with E-state index in [0.717, 1.165) is 23.9 Å². The van der Waals surface area contributed by atoms with Crippen LogP contribution in [0.3, 0.4) is 0 Å². The van der Waals surface area contributed by atoms with Crippen LogP contribution >= 0.6 is 11.6 Å². The molecule has 0 bridgehead atoms. The number of halogens is 1. The van der Waals surface area contributed by atoms with Gasteiger partial charge in [0, 0.05) is 12.5 Å². The molecule has 1 aromatic heterocycles. The third kappa shape index (κ3) is 3.26.